The van der Waals surface area contributed by atoms with Gasteiger partial charge in [-0.05, 0) is 92.0 Å². The molecule has 0 saturated carbocycles. The maximum Gasteiger partial charge on any atom is 0.303 e. The van der Waals surface area contributed by atoms with E-state index in [1.807, 2.05) is 37.3 Å². The Hall–Kier alpha value is -4.22. The van der Waals surface area contributed by atoms with Gasteiger partial charge >= 0.3 is 5.97 Å². The van der Waals surface area contributed by atoms with Crippen molar-refractivity contribution in [3.8, 4) is 16.9 Å². The number of hydrogen-bond donors (Lipinski definition) is 4. The molecule has 11 heteroatoms. The van der Waals surface area contributed by atoms with Gasteiger partial charge in [-0.2, -0.15) is 4.72 Å². The molecular weight excluding hydrogens is 580 g/mol. The number of carboxylic acid groups (broad SMARTS) is 1. The topological polar surface area (TPSA) is 163 Å². The molecule has 1 atom stereocenters. The summed E-state index contributed by atoms with van der Waals surface area (Å²) in [5, 5.41) is 16.7. The van der Waals surface area contributed by atoms with Crippen molar-refractivity contribution < 1.29 is 27.9 Å². The molecule has 44 heavy (non-hydrogen) atoms. The Balaban J connectivity index is 1.54. The lowest BCUT2D eigenvalue weighted by atomic mass is 9.91. The standard InChI is InChI=1S/C33H40N4O6S/c1-2-43-28-14-12-25(13-15-28)26-8-5-10-29(22-26)44(41,42)36-30(21-24-7-3-9-27(20-24)32(34)35)33(40)37-18-16-23(17-19-37)6-4-11-31(38)39/h3,5,7-10,12-15,20,22-23,30,36H,2,4,6,11,16-19,21H2,1H3,(H3,34,35)(H,38,39)/t30-/m0/s1. The van der Waals surface area contributed by atoms with Gasteiger partial charge in [0.25, 0.3) is 0 Å². The number of rotatable bonds is 14. The SMILES string of the molecule is CCOc1ccc(-c2cccc(S(=O)(=O)N[C@@H](Cc3cccc(C(=N)N)c3)C(=O)N3CCC(CCCC(=O)O)CC3)c2)cc1. The molecule has 0 spiro atoms. The van der Waals surface area contributed by atoms with Crippen LogP contribution < -0.4 is 15.2 Å². The number of nitrogen functional groups attached to an aromatic ring is 1. The number of likely N-dealkylation sites (tertiary alicyclic amines) is 1. The quantitative estimate of drug-likeness (QED) is 0.153. The van der Waals surface area contributed by atoms with Gasteiger partial charge in [0.05, 0.1) is 11.5 Å². The number of nitrogens with zero attached hydrogens (tertiary/aromatic N) is 1. The monoisotopic (exact) mass is 620 g/mol. The van der Waals surface area contributed by atoms with Gasteiger partial charge in [0, 0.05) is 25.1 Å². The molecule has 0 radical (unpaired) electrons. The van der Waals surface area contributed by atoms with E-state index in [1.165, 1.54) is 6.07 Å². The molecule has 0 aromatic heterocycles. The van der Waals surface area contributed by atoms with Gasteiger partial charge < -0.3 is 20.5 Å². The number of nitrogens with one attached hydrogen (secondary N) is 2. The maximum absolute atomic E-state index is 13.9. The minimum absolute atomic E-state index is 0.0383. The van der Waals surface area contributed by atoms with Crippen molar-refractivity contribution >= 4 is 27.7 Å². The summed E-state index contributed by atoms with van der Waals surface area (Å²) < 4.78 is 35.7. The van der Waals surface area contributed by atoms with Crippen LogP contribution in [0.1, 0.15) is 50.2 Å². The number of ether oxygens (including phenoxy) is 1. The molecule has 1 aliphatic rings. The Labute approximate surface area is 258 Å². The molecule has 234 valence electrons. The molecule has 1 aliphatic heterocycles. The second kappa shape index (κ2) is 15.0. The Kier molecular flexibility index (Phi) is 11.1. The van der Waals surface area contributed by atoms with E-state index < -0.39 is 22.0 Å². The molecule has 1 fully saturated rings. The van der Waals surface area contributed by atoms with Gasteiger partial charge in [-0.1, -0.05) is 42.5 Å². The predicted octanol–water partition coefficient (Wildman–Crippen LogP) is 4.42. The van der Waals surface area contributed by atoms with Crippen LogP contribution in [0, 0.1) is 11.3 Å². The first-order valence-corrected chi connectivity index (χ1v) is 16.3. The Bertz CT molecular complexity index is 1570. The van der Waals surface area contributed by atoms with E-state index >= 15 is 0 Å². The zero-order chi connectivity index (χ0) is 31.7. The van der Waals surface area contributed by atoms with E-state index in [2.05, 4.69) is 4.72 Å². The number of carbonyl (C=O) groups is 2. The molecule has 10 nitrogen and oxygen atoms in total. The average molecular weight is 621 g/mol. The number of piperidine rings is 1. The number of hydrogen-bond acceptors (Lipinski definition) is 6. The molecule has 3 aromatic carbocycles. The van der Waals surface area contributed by atoms with Crippen LogP contribution in [-0.2, 0) is 26.0 Å². The van der Waals surface area contributed by atoms with Crippen molar-refractivity contribution in [2.45, 2.75) is 56.4 Å². The van der Waals surface area contributed by atoms with Crippen molar-refractivity contribution in [1.82, 2.24) is 9.62 Å². The maximum atomic E-state index is 13.9. The fourth-order valence-corrected chi connectivity index (χ4v) is 6.73. The van der Waals surface area contributed by atoms with Crippen molar-refractivity contribution in [1.29, 1.82) is 5.41 Å². The van der Waals surface area contributed by atoms with Crippen molar-refractivity contribution in [2.75, 3.05) is 19.7 Å². The summed E-state index contributed by atoms with van der Waals surface area (Å²) in [6.45, 7) is 3.38. The molecule has 4 rings (SSSR count). The number of amides is 1. The lowest BCUT2D eigenvalue weighted by molar-refractivity contribution is -0.137. The van der Waals surface area contributed by atoms with E-state index in [0.29, 0.717) is 48.7 Å². The van der Waals surface area contributed by atoms with Crippen LogP contribution in [0.3, 0.4) is 0 Å². The average Bonchev–Trinajstić information content (AvgIpc) is 3.01. The summed E-state index contributed by atoms with van der Waals surface area (Å²) in [4.78, 5) is 26.5. The summed E-state index contributed by atoms with van der Waals surface area (Å²) in [5.41, 5.74) is 8.36. The lowest BCUT2D eigenvalue weighted by Gasteiger charge is -2.34. The van der Waals surface area contributed by atoms with Gasteiger partial charge in [-0.3, -0.25) is 15.0 Å². The highest BCUT2D eigenvalue weighted by atomic mass is 32.2. The van der Waals surface area contributed by atoms with Crippen LogP contribution in [0.4, 0.5) is 0 Å². The summed E-state index contributed by atoms with van der Waals surface area (Å²) in [6.07, 6.45) is 3.05. The van der Waals surface area contributed by atoms with Crippen LogP contribution in [0.15, 0.2) is 77.7 Å². The molecule has 0 bridgehead atoms. The smallest absolute Gasteiger partial charge is 0.303 e. The zero-order valence-corrected chi connectivity index (χ0v) is 25.7. The van der Waals surface area contributed by atoms with Crippen LogP contribution in [-0.4, -0.2) is 61.9 Å². The molecular formula is C33H40N4O6S. The lowest BCUT2D eigenvalue weighted by Crippen LogP contribution is -2.51. The third-order valence-electron chi connectivity index (χ3n) is 7.85. The summed E-state index contributed by atoms with van der Waals surface area (Å²) in [5.74, 6) is -0.209. The van der Waals surface area contributed by atoms with Crippen LogP contribution in [0.2, 0.25) is 0 Å². The number of benzene rings is 3. The number of carboxylic acids is 1. The highest BCUT2D eigenvalue weighted by Gasteiger charge is 2.32. The second-order valence-electron chi connectivity index (χ2n) is 11.0. The van der Waals surface area contributed by atoms with Crippen molar-refractivity contribution in [3.05, 3.63) is 83.9 Å². The molecule has 5 N–H and O–H groups in total. The number of nitrogens with two attached hydrogens (primary N) is 1. The van der Waals surface area contributed by atoms with Gasteiger partial charge in [-0.25, -0.2) is 8.42 Å². The van der Waals surface area contributed by atoms with Crippen molar-refractivity contribution in [2.24, 2.45) is 11.7 Å². The number of sulfonamides is 1. The first-order chi connectivity index (χ1) is 21.1. The normalized spacial score (nSPS) is 14.6. The highest BCUT2D eigenvalue weighted by molar-refractivity contribution is 7.89. The molecule has 1 heterocycles. The summed E-state index contributed by atoms with van der Waals surface area (Å²) in [7, 11) is -4.11. The minimum Gasteiger partial charge on any atom is -0.494 e. The highest BCUT2D eigenvalue weighted by Crippen LogP contribution is 2.26. The van der Waals surface area contributed by atoms with E-state index in [-0.39, 0.29) is 29.5 Å². The second-order valence-corrected chi connectivity index (χ2v) is 12.7. The first-order valence-electron chi connectivity index (χ1n) is 14.8. The Morgan fingerprint density at radius 2 is 1.75 bits per heavy atom. The number of carbonyl (C=O) groups excluding carboxylic acids is 1. The number of aliphatic carboxylic acids is 1. The fraction of sp³-hybridized carbons (Fsp3) is 0.364. The first kappa shape index (κ1) is 32.7. The molecule has 1 saturated heterocycles. The number of amidine groups is 1. The van der Waals surface area contributed by atoms with Gasteiger partial charge in [0.2, 0.25) is 15.9 Å². The zero-order valence-electron chi connectivity index (χ0n) is 24.9. The van der Waals surface area contributed by atoms with Crippen molar-refractivity contribution in [3.63, 3.8) is 0 Å². The van der Waals surface area contributed by atoms with Crippen LogP contribution in [0.5, 0.6) is 5.75 Å². The molecule has 0 aliphatic carbocycles. The molecule has 3 aromatic rings. The van der Waals surface area contributed by atoms with E-state index in [9.17, 15) is 18.0 Å². The molecule has 1 amide bonds. The summed E-state index contributed by atoms with van der Waals surface area (Å²) >= 11 is 0. The largest absolute Gasteiger partial charge is 0.494 e. The van der Waals surface area contributed by atoms with Gasteiger partial charge in [0.1, 0.15) is 17.6 Å². The van der Waals surface area contributed by atoms with E-state index in [4.69, 9.17) is 21.0 Å². The van der Waals surface area contributed by atoms with Crippen LogP contribution in [0.25, 0.3) is 11.1 Å². The fourth-order valence-electron chi connectivity index (χ4n) is 5.49. The Morgan fingerprint density at radius 3 is 2.41 bits per heavy atom. The van der Waals surface area contributed by atoms with Gasteiger partial charge in [-0.15, -0.1) is 0 Å². The van der Waals surface area contributed by atoms with E-state index in [0.717, 1.165) is 30.6 Å². The minimum atomic E-state index is -4.11. The van der Waals surface area contributed by atoms with Gasteiger partial charge in [0.15, 0.2) is 0 Å². The van der Waals surface area contributed by atoms with E-state index in [1.54, 1.807) is 41.3 Å². The van der Waals surface area contributed by atoms with Crippen LogP contribution >= 0.6 is 0 Å². The Morgan fingerprint density at radius 1 is 1.05 bits per heavy atom. The molecule has 0 unspecified atom stereocenters. The summed E-state index contributed by atoms with van der Waals surface area (Å²) in [6, 6.07) is 19.8. The predicted molar refractivity (Wildman–Crippen MR) is 169 cm³/mol. The third kappa shape index (κ3) is 8.90. The third-order valence-corrected chi connectivity index (χ3v) is 9.31.